The van der Waals surface area contributed by atoms with Gasteiger partial charge < -0.3 is 19.9 Å². The number of hydrogen-bond donors (Lipinski definition) is 2. The lowest BCUT2D eigenvalue weighted by molar-refractivity contribution is -0.114. The van der Waals surface area contributed by atoms with E-state index in [9.17, 15) is 5.11 Å². The molecule has 1 fully saturated rings. The molecule has 1 aliphatic carbocycles. The number of halogens is 1. The van der Waals surface area contributed by atoms with Crippen molar-refractivity contribution in [2.75, 3.05) is 13.7 Å². The highest BCUT2D eigenvalue weighted by molar-refractivity contribution is 9.10. The first-order valence-corrected chi connectivity index (χ1v) is 8.09. The fourth-order valence-electron chi connectivity index (χ4n) is 2.84. The number of benzene rings is 1. The normalized spacial score (nSPS) is 23.7. The largest absolute Gasteiger partial charge is 0.503 e. The number of rotatable bonds is 6. The van der Waals surface area contributed by atoms with Gasteiger partial charge in [-0.25, -0.2) is 0 Å². The summed E-state index contributed by atoms with van der Waals surface area (Å²) in [5.74, 6) is 0.628. The quantitative estimate of drug-likeness (QED) is 0.818. The average Bonchev–Trinajstić information content (AvgIpc) is 2.45. The van der Waals surface area contributed by atoms with Crippen molar-refractivity contribution in [2.45, 2.75) is 45.9 Å². The van der Waals surface area contributed by atoms with E-state index in [1.807, 2.05) is 19.1 Å². The minimum Gasteiger partial charge on any atom is -0.503 e. The van der Waals surface area contributed by atoms with Crippen LogP contribution in [0.3, 0.4) is 0 Å². The predicted octanol–water partition coefficient (Wildman–Crippen LogP) is 3.46. The van der Waals surface area contributed by atoms with E-state index in [0.717, 1.165) is 25.1 Å². The Hall–Kier alpha value is -0.780. The first-order chi connectivity index (χ1) is 9.90. The van der Waals surface area contributed by atoms with Gasteiger partial charge in [0.25, 0.3) is 0 Å². The average molecular weight is 358 g/mol. The molecule has 2 unspecified atom stereocenters. The second kappa shape index (κ2) is 6.55. The van der Waals surface area contributed by atoms with Crippen LogP contribution in [0, 0.1) is 5.41 Å². The van der Waals surface area contributed by atoms with Crippen LogP contribution in [0.2, 0.25) is 0 Å². The Morgan fingerprint density at radius 3 is 2.71 bits per heavy atom. The van der Waals surface area contributed by atoms with Crippen molar-refractivity contribution in [3.63, 3.8) is 0 Å². The molecule has 118 valence electrons. The molecule has 0 saturated heterocycles. The maximum Gasteiger partial charge on any atom is 0.172 e. The lowest BCUT2D eigenvalue weighted by Gasteiger charge is -2.52. The Kier molecular flexibility index (Phi) is 5.17. The highest BCUT2D eigenvalue weighted by Gasteiger charge is 2.48. The summed E-state index contributed by atoms with van der Waals surface area (Å²) in [7, 11) is 1.56. The van der Waals surface area contributed by atoms with Gasteiger partial charge in [0.05, 0.1) is 17.7 Å². The van der Waals surface area contributed by atoms with Crippen molar-refractivity contribution in [1.82, 2.24) is 5.32 Å². The molecule has 2 atom stereocenters. The molecule has 2 N–H and O–H groups in total. The van der Waals surface area contributed by atoms with E-state index in [1.165, 1.54) is 0 Å². The summed E-state index contributed by atoms with van der Waals surface area (Å²) < 4.78 is 11.6. The highest BCUT2D eigenvalue weighted by Crippen LogP contribution is 2.43. The van der Waals surface area contributed by atoms with Crippen LogP contribution >= 0.6 is 15.9 Å². The number of aromatic hydroxyl groups is 1. The van der Waals surface area contributed by atoms with Crippen molar-refractivity contribution in [1.29, 1.82) is 0 Å². The summed E-state index contributed by atoms with van der Waals surface area (Å²) >= 11 is 3.35. The Bertz CT molecular complexity index is 505. The van der Waals surface area contributed by atoms with Crippen LogP contribution in [0.5, 0.6) is 11.5 Å². The lowest BCUT2D eigenvalue weighted by atomic mass is 9.64. The van der Waals surface area contributed by atoms with E-state index in [0.29, 0.717) is 22.4 Å². The Morgan fingerprint density at radius 2 is 2.14 bits per heavy atom. The molecule has 0 radical (unpaired) electrons. The van der Waals surface area contributed by atoms with Gasteiger partial charge in [0.15, 0.2) is 11.5 Å². The van der Waals surface area contributed by atoms with E-state index in [4.69, 9.17) is 9.47 Å². The molecule has 0 heterocycles. The zero-order valence-electron chi connectivity index (χ0n) is 13.1. The first-order valence-electron chi connectivity index (χ1n) is 7.30. The molecular weight excluding hydrogens is 334 g/mol. The van der Waals surface area contributed by atoms with Crippen LogP contribution in [0.15, 0.2) is 16.6 Å². The molecule has 1 aliphatic rings. The summed E-state index contributed by atoms with van der Waals surface area (Å²) in [6.07, 6.45) is 1.37. The van der Waals surface area contributed by atoms with Crippen molar-refractivity contribution in [2.24, 2.45) is 5.41 Å². The van der Waals surface area contributed by atoms with Crippen molar-refractivity contribution in [3.8, 4) is 11.5 Å². The second-order valence-electron chi connectivity index (χ2n) is 6.06. The van der Waals surface area contributed by atoms with Gasteiger partial charge in [-0.2, -0.15) is 0 Å². The molecule has 0 aliphatic heterocycles. The Morgan fingerprint density at radius 1 is 1.43 bits per heavy atom. The summed E-state index contributed by atoms with van der Waals surface area (Å²) in [6.45, 7) is 8.02. The third-order valence-electron chi connectivity index (χ3n) is 4.41. The number of phenols is 1. The third kappa shape index (κ3) is 3.35. The van der Waals surface area contributed by atoms with Gasteiger partial charge in [-0.3, -0.25) is 0 Å². The van der Waals surface area contributed by atoms with Crippen LogP contribution in [0.4, 0.5) is 0 Å². The van der Waals surface area contributed by atoms with E-state index >= 15 is 0 Å². The summed E-state index contributed by atoms with van der Waals surface area (Å²) in [6, 6.07) is 4.21. The molecule has 0 amide bonds. The van der Waals surface area contributed by atoms with Crippen LogP contribution in [0.25, 0.3) is 0 Å². The molecule has 2 rings (SSSR count). The Labute approximate surface area is 135 Å². The highest BCUT2D eigenvalue weighted by atomic mass is 79.9. The molecule has 1 aromatic rings. The van der Waals surface area contributed by atoms with Crippen LogP contribution in [-0.2, 0) is 11.3 Å². The molecule has 0 aromatic heterocycles. The van der Waals surface area contributed by atoms with E-state index < -0.39 is 0 Å². The SMILES string of the molecule is CCOC1CC(NCc2cc(Br)c(O)c(OC)c2)C1(C)C. The van der Waals surface area contributed by atoms with Crippen molar-refractivity contribution >= 4 is 15.9 Å². The smallest absolute Gasteiger partial charge is 0.172 e. The molecular formula is C16H24BrNO3. The van der Waals surface area contributed by atoms with Gasteiger partial charge in [0.1, 0.15) is 0 Å². The predicted molar refractivity (Wildman–Crippen MR) is 86.8 cm³/mol. The van der Waals surface area contributed by atoms with Crippen molar-refractivity contribution in [3.05, 3.63) is 22.2 Å². The summed E-state index contributed by atoms with van der Waals surface area (Å²) in [5, 5.41) is 13.4. The number of methoxy groups -OCH3 is 1. The standard InChI is InChI=1S/C16H24BrNO3/c1-5-21-14-8-13(16(14,2)3)18-9-10-6-11(17)15(19)12(7-10)20-4/h6-7,13-14,18-19H,5,8-9H2,1-4H3. The minimum absolute atomic E-state index is 0.140. The van der Waals surface area contributed by atoms with Crippen LogP contribution < -0.4 is 10.1 Å². The summed E-state index contributed by atoms with van der Waals surface area (Å²) in [4.78, 5) is 0. The molecule has 1 saturated carbocycles. The molecule has 5 heteroatoms. The first kappa shape index (κ1) is 16.6. The summed E-state index contributed by atoms with van der Waals surface area (Å²) in [5.41, 5.74) is 1.22. The van der Waals surface area contributed by atoms with E-state index in [2.05, 4.69) is 35.1 Å². The monoisotopic (exact) mass is 357 g/mol. The van der Waals surface area contributed by atoms with E-state index in [1.54, 1.807) is 7.11 Å². The number of hydrogen-bond acceptors (Lipinski definition) is 4. The second-order valence-corrected chi connectivity index (χ2v) is 6.92. The number of ether oxygens (including phenoxy) is 2. The Balaban J connectivity index is 1.97. The molecule has 4 nitrogen and oxygen atoms in total. The zero-order valence-corrected chi connectivity index (χ0v) is 14.7. The molecule has 0 bridgehead atoms. The van der Waals surface area contributed by atoms with Gasteiger partial charge in [0.2, 0.25) is 0 Å². The number of phenolic OH excluding ortho intramolecular Hbond substituents is 1. The third-order valence-corrected chi connectivity index (χ3v) is 5.01. The lowest BCUT2D eigenvalue weighted by Crippen LogP contribution is -2.60. The number of nitrogens with one attached hydrogen (secondary N) is 1. The van der Waals surface area contributed by atoms with Gasteiger partial charge in [-0.1, -0.05) is 13.8 Å². The van der Waals surface area contributed by atoms with Crippen LogP contribution in [0.1, 0.15) is 32.8 Å². The molecule has 1 aromatic carbocycles. The van der Waals surface area contributed by atoms with Crippen molar-refractivity contribution < 1.29 is 14.6 Å². The van der Waals surface area contributed by atoms with Gasteiger partial charge in [-0.15, -0.1) is 0 Å². The topological polar surface area (TPSA) is 50.7 Å². The molecule has 21 heavy (non-hydrogen) atoms. The van der Waals surface area contributed by atoms with Crippen LogP contribution in [-0.4, -0.2) is 31.0 Å². The maximum atomic E-state index is 9.82. The molecule has 0 spiro atoms. The minimum atomic E-state index is 0.140. The fraction of sp³-hybridized carbons (Fsp3) is 0.625. The van der Waals surface area contributed by atoms with Gasteiger partial charge in [0, 0.05) is 24.6 Å². The maximum absolute atomic E-state index is 9.82. The fourth-order valence-corrected chi connectivity index (χ4v) is 3.33. The zero-order chi connectivity index (χ0) is 15.6. The van der Waals surface area contributed by atoms with Gasteiger partial charge >= 0.3 is 0 Å². The van der Waals surface area contributed by atoms with Gasteiger partial charge in [-0.05, 0) is 47.0 Å². The van der Waals surface area contributed by atoms with E-state index in [-0.39, 0.29) is 11.2 Å².